The van der Waals surface area contributed by atoms with Crippen LogP contribution in [0.15, 0.2) is 12.1 Å². The summed E-state index contributed by atoms with van der Waals surface area (Å²) in [6, 6.07) is 1.87. The van der Waals surface area contributed by atoms with E-state index in [1.54, 1.807) is 20.8 Å². The van der Waals surface area contributed by atoms with E-state index >= 15 is 0 Å². The van der Waals surface area contributed by atoms with Crippen LogP contribution in [0.1, 0.15) is 32.4 Å². The van der Waals surface area contributed by atoms with Crippen LogP contribution < -0.4 is 5.32 Å². The van der Waals surface area contributed by atoms with Gasteiger partial charge in [-0.15, -0.1) is 0 Å². The summed E-state index contributed by atoms with van der Waals surface area (Å²) in [5, 5.41) is 21.4. The Hall–Kier alpha value is -1.44. The predicted octanol–water partition coefficient (Wildman–Crippen LogP) is 2.54. The molecule has 0 radical (unpaired) electrons. The Morgan fingerprint density at radius 3 is 2.50 bits per heavy atom. The second-order valence-electron chi connectivity index (χ2n) is 5.65. The third kappa shape index (κ3) is 5.08. The predicted molar refractivity (Wildman–Crippen MR) is 76.6 cm³/mol. The summed E-state index contributed by atoms with van der Waals surface area (Å²) in [6.07, 6.45) is -4.37. The van der Waals surface area contributed by atoms with Crippen molar-refractivity contribution >= 4 is 17.7 Å². The number of halogens is 3. The number of hydrogen-bond donors (Lipinski definition) is 3. The molecule has 22 heavy (non-hydrogen) atoms. The largest absolute Gasteiger partial charge is 0.444 e. The average molecular weight is 338 g/mol. The molecule has 3 N–H and O–H groups in total. The maximum Gasteiger partial charge on any atom is 0.407 e. The van der Waals surface area contributed by atoms with Gasteiger partial charge in [0, 0.05) is 6.54 Å². The maximum atomic E-state index is 13.7. The van der Waals surface area contributed by atoms with E-state index in [9.17, 15) is 23.8 Å². The Morgan fingerprint density at radius 2 is 1.95 bits per heavy atom. The van der Waals surface area contributed by atoms with Crippen molar-refractivity contribution in [2.45, 2.75) is 38.6 Å². The molecule has 0 saturated carbocycles. The van der Waals surface area contributed by atoms with Gasteiger partial charge in [-0.3, -0.25) is 0 Å². The maximum absolute atomic E-state index is 13.7. The minimum absolute atomic E-state index is 0.386. The molecule has 0 bridgehead atoms. The van der Waals surface area contributed by atoms with Crippen molar-refractivity contribution in [3.05, 3.63) is 34.4 Å². The summed E-state index contributed by atoms with van der Waals surface area (Å²) >= 11 is 5.51. The van der Waals surface area contributed by atoms with E-state index < -0.39 is 47.6 Å². The molecule has 1 aromatic carbocycles. The van der Waals surface area contributed by atoms with Crippen molar-refractivity contribution in [2.24, 2.45) is 0 Å². The second-order valence-corrected chi connectivity index (χ2v) is 6.06. The molecular weight excluding hydrogens is 320 g/mol. The van der Waals surface area contributed by atoms with Gasteiger partial charge < -0.3 is 20.3 Å². The van der Waals surface area contributed by atoms with Crippen LogP contribution in [0.4, 0.5) is 13.6 Å². The van der Waals surface area contributed by atoms with Gasteiger partial charge in [0.15, 0.2) is 5.82 Å². The van der Waals surface area contributed by atoms with Gasteiger partial charge >= 0.3 is 6.09 Å². The van der Waals surface area contributed by atoms with E-state index in [-0.39, 0.29) is 5.02 Å². The first-order valence-electron chi connectivity index (χ1n) is 6.49. The summed E-state index contributed by atoms with van der Waals surface area (Å²) in [7, 11) is 0. The molecule has 0 heterocycles. The normalized spacial score (nSPS) is 14.4. The lowest BCUT2D eigenvalue weighted by molar-refractivity contribution is 0.00953. The molecule has 124 valence electrons. The molecule has 0 aromatic heterocycles. The minimum atomic E-state index is -1.89. The van der Waals surface area contributed by atoms with Crippen molar-refractivity contribution in [1.29, 1.82) is 0 Å². The summed E-state index contributed by atoms with van der Waals surface area (Å²) in [6.45, 7) is 4.49. The smallest absolute Gasteiger partial charge is 0.407 e. The molecule has 2 unspecified atom stereocenters. The first-order chi connectivity index (χ1) is 10.0. The van der Waals surface area contributed by atoms with Crippen molar-refractivity contribution in [3.63, 3.8) is 0 Å². The number of aliphatic hydroxyl groups is 2. The number of alkyl carbamates (subject to hydrolysis) is 1. The van der Waals surface area contributed by atoms with Crippen LogP contribution >= 0.6 is 11.6 Å². The second kappa shape index (κ2) is 7.21. The fourth-order valence-electron chi connectivity index (χ4n) is 1.62. The van der Waals surface area contributed by atoms with Crippen LogP contribution in [0.2, 0.25) is 5.02 Å². The van der Waals surface area contributed by atoms with E-state index in [0.717, 1.165) is 12.1 Å². The number of nitrogens with one attached hydrogen (secondary N) is 1. The average Bonchev–Trinajstić information content (AvgIpc) is 2.38. The van der Waals surface area contributed by atoms with Crippen molar-refractivity contribution in [1.82, 2.24) is 5.32 Å². The van der Waals surface area contributed by atoms with Gasteiger partial charge in [0.2, 0.25) is 0 Å². The Morgan fingerprint density at radius 1 is 1.36 bits per heavy atom. The van der Waals surface area contributed by atoms with Gasteiger partial charge in [-0.25, -0.2) is 13.6 Å². The monoisotopic (exact) mass is 337 g/mol. The molecule has 0 fully saturated rings. The zero-order valence-corrected chi connectivity index (χ0v) is 13.1. The van der Waals surface area contributed by atoms with Crippen LogP contribution in [0.3, 0.4) is 0 Å². The zero-order chi connectivity index (χ0) is 17.1. The molecule has 8 heteroatoms. The molecular formula is C14H18ClF2NO4. The number of carbonyl (C=O) groups is 1. The lowest BCUT2D eigenvalue weighted by Gasteiger charge is -2.22. The van der Waals surface area contributed by atoms with Crippen LogP contribution in [0.25, 0.3) is 0 Å². The van der Waals surface area contributed by atoms with Gasteiger partial charge in [-0.1, -0.05) is 11.6 Å². The Labute approximate surface area is 131 Å². The molecule has 0 saturated heterocycles. The molecule has 0 spiro atoms. The fraction of sp³-hybridized carbons (Fsp3) is 0.500. The van der Waals surface area contributed by atoms with Crippen LogP contribution in [-0.4, -0.2) is 34.6 Å². The molecule has 0 aliphatic rings. The van der Waals surface area contributed by atoms with E-state index in [2.05, 4.69) is 5.32 Å². The Bertz CT molecular complexity index is 548. The summed E-state index contributed by atoms with van der Waals surface area (Å²) in [5.41, 5.74) is -1.50. The van der Waals surface area contributed by atoms with E-state index in [1.165, 1.54) is 0 Å². The molecule has 0 aliphatic carbocycles. The SMILES string of the molecule is CC(C)(C)OC(=O)NCC(O)C(O)c1c(F)ccc(Cl)c1F. The number of carbonyl (C=O) groups excluding carboxylic acids is 1. The van der Waals surface area contributed by atoms with Crippen molar-refractivity contribution in [2.75, 3.05) is 6.54 Å². The van der Waals surface area contributed by atoms with Gasteiger partial charge in [0.05, 0.1) is 10.6 Å². The Balaban J connectivity index is 2.72. The molecule has 2 atom stereocenters. The highest BCUT2D eigenvalue weighted by molar-refractivity contribution is 6.30. The van der Waals surface area contributed by atoms with Gasteiger partial charge in [0.1, 0.15) is 23.6 Å². The molecule has 1 rings (SSSR count). The molecule has 0 aliphatic heterocycles. The third-order valence-electron chi connectivity index (χ3n) is 2.59. The lowest BCUT2D eigenvalue weighted by atomic mass is 10.0. The third-order valence-corrected chi connectivity index (χ3v) is 2.89. The standard InChI is InChI=1S/C14H18ClF2NO4/c1-14(2,3)22-13(21)18-6-9(19)12(20)10-8(16)5-4-7(15)11(10)17/h4-5,9,12,19-20H,6H2,1-3H3,(H,18,21). The first kappa shape index (κ1) is 18.6. The van der Waals surface area contributed by atoms with Gasteiger partial charge in [-0.05, 0) is 32.9 Å². The van der Waals surface area contributed by atoms with E-state index in [1.807, 2.05) is 0 Å². The van der Waals surface area contributed by atoms with Crippen LogP contribution in [-0.2, 0) is 4.74 Å². The van der Waals surface area contributed by atoms with Gasteiger partial charge in [-0.2, -0.15) is 0 Å². The van der Waals surface area contributed by atoms with E-state index in [4.69, 9.17) is 16.3 Å². The van der Waals surface area contributed by atoms with Crippen LogP contribution in [0.5, 0.6) is 0 Å². The topological polar surface area (TPSA) is 78.8 Å². The number of aliphatic hydroxyl groups excluding tert-OH is 2. The van der Waals surface area contributed by atoms with Crippen molar-refractivity contribution in [3.8, 4) is 0 Å². The first-order valence-corrected chi connectivity index (χ1v) is 6.87. The summed E-state index contributed by atoms with van der Waals surface area (Å²) in [4.78, 5) is 11.4. The van der Waals surface area contributed by atoms with Crippen molar-refractivity contribution < 1.29 is 28.5 Å². The highest BCUT2D eigenvalue weighted by atomic mass is 35.5. The van der Waals surface area contributed by atoms with E-state index in [0.29, 0.717) is 0 Å². The molecule has 1 aromatic rings. The molecule has 5 nitrogen and oxygen atoms in total. The Kier molecular flexibility index (Phi) is 6.10. The molecule has 1 amide bonds. The number of ether oxygens (including phenoxy) is 1. The van der Waals surface area contributed by atoms with Crippen LogP contribution in [0, 0.1) is 11.6 Å². The quantitative estimate of drug-likeness (QED) is 0.738. The van der Waals surface area contributed by atoms with Gasteiger partial charge in [0.25, 0.3) is 0 Å². The number of amides is 1. The summed E-state index contributed by atoms with van der Waals surface area (Å²) < 4.78 is 32.2. The zero-order valence-electron chi connectivity index (χ0n) is 12.4. The number of rotatable bonds is 4. The summed E-state index contributed by atoms with van der Waals surface area (Å²) in [5.74, 6) is -2.21. The minimum Gasteiger partial charge on any atom is -0.444 e. The highest BCUT2D eigenvalue weighted by Gasteiger charge is 2.27. The number of hydrogen-bond acceptors (Lipinski definition) is 4. The lowest BCUT2D eigenvalue weighted by Crippen LogP contribution is -2.39. The fourth-order valence-corrected chi connectivity index (χ4v) is 1.78. The number of benzene rings is 1. The highest BCUT2D eigenvalue weighted by Crippen LogP contribution is 2.28.